The molecule has 1 nitrogen and oxygen atoms in total. The predicted molar refractivity (Wildman–Crippen MR) is 65.8 cm³/mol. The van der Waals surface area contributed by atoms with E-state index in [-0.39, 0.29) is 6.61 Å². The molecule has 1 N–H and O–H groups in total. The lowest BCUT2D eigenvalue weighted by Gasteiger charge is -2.13. The van der Waals surface area contributed by atoms with Crippen molar-refractivity contribution in [3.8, 4) is 0 Å². The first-order valence-electron chi connectivity index (χ1n) is 5.71. The van der Waals surface area contributed by atoms with Gasteiger partial charge in [0.2, 0.25) is 0 Å². The molecular weight excluding hydrogens is 184 g/mol. The van der Waals surface area contributed by atoms with E-state index >= 15 is 0 Å². The van der Waals surface area contributed by atoms with Crippen LogP contribution in [0.5, 0.6) is 0 Å². The van der Waals surface area contributed by atoms with Gasteiger partial charge in [-0.25, -0.2) is 0 Å². The number of hydrogen-bond acceptors (Lipinski definition) is 1. The summed E-state index contributed by atoms with van der Waals surface area (Å²) in [5.74, 6) is 0. The molecule has 1 aromatic rings. The van der Waals surface area contributed by atoms with Gasteiger partial charge in [0.05, 0.1) is 6.61 Å². The highest BCUT2D eigenvalue weighted by molar-refractivity contribution is 5.58. The van der Waals surface area contributed by atoms with Crippen LogP contribution in [-0.4, -0.2) is 5.11 Å². The molecule has 2 rings (SSSR count). The maximum Gasteiger partial charge on any atom is 0.0684 e. The van der Waals surface area contributed by atoms with Gasteiger partial charge in [-0.1, -0.05) is 38.1 Å². The Morgan fingerprint density at radius 3 is 2.67 bits per heavy atom. The van der Waals surface area contributed by atoms with E-state index in [1.54, 1.807) is 0 Å². The van der Waals surface area contributed by atoms with Crippen LogP contribution in [0, 0.1) is 6.92 Å². The number of aryl methyl sites for hydroxylation is 2. The van der Waals surface area contributed by atoms with Crippen LogP contribution in [0.25, 0.3) is 6.08 Å². The second kappa shape index (κ2) is 5.72. The molecule has 0 bridgehead atoms. The largest absolute Gasteiger partial charge is 0.392 e. The Bertz CT molecular complexity index is 351. The smallest absolute Gasteiger partial charge is 0.0684 e. The molecule has 0 radical (unpaired) electrons. The van der Waals surface area contributed by atoms with E-state index in [1.165, 1.54) is 16.7 Å². The van der Waals surface area contributed by atoms with Gasteiger partial charge in [0.25, 0.3) is 0 Å². The van der Waals surface area contributed by atoms with Crippen molar-refractivity contribution in [2.24, 2.45) is 0 Å². The highest BCUT2D eigenvalue weighted by Crippen LogP contribution is 2.23. The van der Waals surface area contributed by atoms with E-state index in [0.29, 0.717) is 0 Å². The summed E-state index contributed by atoms with van der Waals surface area (Å²) < 4.78 is 0. The number of fused-ring (bicyclic) bond motifs is 1. The Morgan fingerprint density at radius 2 is 2.00 bits per heavy atom. The fourth-order valence-corrected chi connectivity index (χ4v) is 1.82. The lowest BCUT2D eigenvalue weighted by molar-refractivity contribution is 0.281. The van der Waals surface area contributed by atoms with Gasteiger partial charge in [-0.2, -0.15) is 0 Å². The van der Waals surface area contributed by atoms with Crippen LogP contribution in [0.3, 0.4) is 0 Å². The van der Waals surface area contributed by atoms with Gasteiger partial charge >= 0.3 is 0 Å². The van der Waals surface area contributed by atoms with Crippen LogP contribution in [0.15, 0.2) is 18.2 Å². The zero-order valence-corrected chi connectivity index (χ0v) is 9.88. The van der Waals surface area contributed by atoms with Crippen molar-refractivity contribution in [3.05, 3.63) is 40.5 Å². The van der Waals surface area contributed by atoms with Gasteiger partial charge in [-0.15, -0.1) is 0 Å². The van der Waals surface area contributed by atoms with Gasteiger partial charge < -0.3 is 5.11 Å². The minimum atomic E-state index is 0.156. The summed E-state index contributed by atoms with van der Waals surface area (Å²) in [5.41, 5.74) is 4.94. The quantitative estimate of drug-likeness (QED) is 0.742. The standard InChI is InChI=1S/C12H14O.C2H6/c1-9-6-10-4-2-3-5-11(10)7-12(9)8-13;1-2/h2,4,6-7,13H,3,5,8H2,1H3;1-2H3. The first kappa shape index (κ1) is 12.0. The van der Waals surface area contributed by atoms with Crippen molar-refractivity contribution in [1.29, 1.82) is 0 Å². The molecule has 1 aromatic carbocycles. The summed E-state index contributed by atoms with van der Waals surface area (Å²) in [5, 5.41) is 9.10. The van der Waals surface area contributed by atoms with E-state index in [4.69, 9.17) is 5.11 Å². The van der Waals surface area contributed by atoms with Crippen molar-refractivity contribution < 1.29 is 5.11 Å². The first-order chi connectivity index (χ1) is 7.31. The summed E-state index contributed by atoms with van der Waals surface area (Å²) in [6, 6.07) is 4.30. The molecule has 0 aromatic heterocycles. The van der Waals surface area contributed by atoms with Gasteiger partial charge in [-0.05, 0) is 42.0 Å². The second-order valence-electron chi connectivity index (χ2n) is 3.58. The summed E-state index contributed by atoms with van der Waals surface area (Å²) >= 11 is 0. The minimum Gasteiger partial charge on any atom is -0.392 e. The molecule has 0 atom stereocenters. The highest BCUT2D eigenvalue weighted by atomic mass is 16.3. The van der Waals surface area contributed by atoms with Crippen LogP contribution in [0.4, 0.5) is 0 Å². The number of benzene rings is 1. The molecule has 0 aliphatic heterocycles. The Hall–Kier alpha value is -1.08. The number of aliphatic hydroxyl groups excluding tert-OH is 1. The molecule has 0 fully saturated rings. The third-order valence-corrected chi connectivity index (χ3v) is 2.65. The zero-order chi connectivity index (χ0) is 11.3. The van der Waals surface area contributed by atoms with E-state index in [0.717, 1.165) is 18.4 Å². The summed E-state index contributed by atoms with van der Waals surface area (Å²) in [7, 11) is 0. The average Bonchev–Trinajstić information content (AvgIpc) is 2.31. The van der Waals surface area contributed by atoms with Crippen molar-refractivity contribution in [2.75, 3.05) is 0 Å². The van der Waals surface area contributed by atoms with Gasteiger partial charge in [0, 0.05) is 0 Å². The molecule has 1 aliphatic carbocycles. The van der Waals surface area contributed by atoms with Gasteiger partial charge in [0.1, 0.15) is 0 Å². The third-order valence-electron chi connectivity index (χ3n) is 2.65. The van der Waals surface area contributed by atoms with Crippen LogP contribution in [0.2, 0.25) is 0 Å². The predicted octanol–water partition coefficient (Wildman–Crippen LogP) is 3.47. The number of rotatable bonds is 1. The van der Waals surface area contributed by atoms with Crippen LogP contribution >= 0.6 is 0 Å². The lowest BCUT2D eigenvalue weighted by Crippen LogP contribution is -1.98. The van der Waals surface area contributed by atoms with Crippen molar-refractivity contribution in [2.45, 2.75) is 40.2 Å². The number of aliphatic hydroxyl groups is 1. The maximum atomic E-state index is 9.10. The average molecular weight is 204 g/mol. The lowest BCUT2D eigenvalue weighted by atomic mass is 9.93. The first-order valence-corrected chi connectivity index (χ1v) is 5.71. The summed E-state index contributed by atoms with van der Waals surface area (Å²) in [4.78, 5) is 0. The van der Waals surface area contributed by atoms with E-state index in [1.807, 2.05) is 20.8 Å². The number of allylic oxidation sites excluding steroid dienone is 1. The second-order valence-corrected chi connectivity index (χ2v) is 3.58. The molecule has 0 amide bonds. The monoisotopic (exact) mass is 204 g/mol. The molecule has 0 heterocycles. The van der Waals surface area contributed by atoms with Crippen LogP contribution < -0.4 is 0 Å². The van der Waals surface area contributed by atoms with E-state index in [2.05, 4.69) is 24.3 Å². The molecule has 82 valence electrons. The number of hydrogen-bond donors (Lipinski definition) is 1. The minimum absolute atomic E-state index is 0.156. The molecule has 15 heavy (non-hydrogen) atoms. The normalized spacial score (nSPS) is 12.8. The SMILES string of the molecule is CC.Cc1cc2c(cc1CO)CCC=C2. The Labute approximate surface area is 92.5 Å². The molecular formula is C14H20O. The van der Waals surface area contributed by atoms with E-state index in [9.17, 15) is 0 Å². The summed E-state index contributed by atoms with van der Waals surface area (Å²) in [6.07, 6.45) is 6.62. The zero-order valence-electron chi connectivity index (χ0n) is 9.88. The van der Waals surface area contributed by atoms with Crippen molar-refractivity contribution in [1.82, 2.24) is 0 Å². The Morgan fingerprint density at radius 1 is 1.27 bits per heavy atom. The summed E-state index contributed by atoms with van der Waals surface area (Å²) in [6.45, 7) is 6.21. The molecule has 0 unspecified atom stereocenters. The van der Waals surface area contributed by atoms with Crippen molar-refractivity contribution in [3.63, 3.8) is 0 Å². The highest BCUT2D eigenvalue weighted by Gasteiger charge is 2.07. The topological polar surface area (TPSA) is 20.2 Å². The molecule has 0 saturated heterocycles. The van der Waals surface area contributed by atoms with Gasteiger partial charge in [0.15, 0.2) is 0 Å². The molecule has 0 saturated carbocycles. The van der Waals surface area contributed by atoms with E-state index < -0.39 is 0 Å². The van der Waals surface area contributed by atoms with Crippen LogP contribution in [-0.2, 0) is 13.0 Å². The fraction of sp³-hybridized carbons (Fsp3) is 0.429. The fourth-order valence-electron chi connectivity index (χ4n) is 1.82. The van der Waals surface area contributed by atoms with Gasteiger partial charge in [-0.3, -0.25) is 0 Å². The Kier molecular flexibility index (Phi) is 4.57. The molecule has 1 heteroatoms. The Balaban J connectivity index is 0.000000531. The third kappa shape index (κ3) is 2.69. The van der Waals surface area contributed by atoms with Crippen molar-refractivity contribution >= 4 is 6.08 Å². The molecule has 0 spiro atoms. The maximum absolute atomic E-state index is 9.10. The van der Waals surface area contributed by atoms with Crippen LogP contribution in [0.1, 0.15) is 42.5 Å². The molecule has 1 aliphatic rings.